The van der Waals surface area contributed by atoms with E-state index in [4.69, 9.17) is 25.8 Å². The molecule has 0 atom stereocenters. The van der Waals surface area contributed by atoms with Crippen LogP contribution in [-0.2, 0) is 19.6 Å². The first-order valence-electron chi connectivity index (χ1n) is 10.0. The Balaban J connectivity index is 1.73. The van der Waals surface area contributed by atoms with Crippen molar-refractivity contribution in [2.45, 2.75) is 11.8 Å². The molecule has 3 rings (SSSR count). The van der Waals surface area contributed by atoms with Crippen molar-refractivity contribution in [3.05, 3.63) is 53.1 Å². The third-order valence-corrected chi connectivity index (χ3v) is 6.85. The van der Waals surface area contributed by atoms with Gasteiger partial charge in [0.15, 0.2) is 11.5 Å². The summed E-state index contributed by atoms with van der Waals surface area (Å²) in [4.78, 5) is 12.5. The van der Waals surface area contributed by atoms with Crippen molar-refractivity contribution in [3.63, 3.8) is 0 Å². The Morgan fingerprint density at radius 2 is 2.00 bits per heavy atom. The fourth-order valence-corrected chi connectivity index (χ4v) is 4.92. The van der Waals surface area contributed by atoms with Gasteiger partial charge in [0, 0.05) is 24.9 Å². The van der Waals surface area contributed by atoms with Crippen molar-refractivity contribution < 1.29 is 27.4 Å². The number of rotatable bonds is 8. The molecule has 0 aliphatic carbocycles. The topological polar surface area (TPSA) is 94.2 Å². The summed E-state index contributed by atoms with van der Waals surface area (Å²) in [6.45, 7) is 3.61. The zero-order chi connectivity index (χ0) is 23.1. The molecule has 1 N–H and O–H groups in total. The minimum absolute atomic E-state index is 0.115. The van der Waals surface area contributed by atoms with Crippen molar-refractivity contribution >= 4 is 39.3 Å². The van der Waals surface area contributed by atoms with Gasteiger partial charge in [-0.1, -0.05) is 17.7 Å². The normalized spacial score (nSPS) is 15.0. The van der Waals surface area contributed by atoms with Gasteiger partial charge < -0.3 is 19.5 Å². The second-order valence-electron chi connectivity index (χ2n) is 6.83. The molecule has 1 amide bonds. The van der Waals surface area contributed by atoms with E-state index in [1.807, 2.05) is 6.92 Å². The number of methoxy groups -OCH3 is 1. The molecule has 8 nitrogen and oxygen atoms in total. The number of nitrogens with zero attached hydrogens (tertiary/aromatic N) is 1. The molecule has 2 aromatic carbocycles. The van der Waals surface area contributed by atoms with Crippen LogP contribution in [0.3, 0.4) is 0 Å². The Labute approximate surface area is 192 Å². The number of halogens is 1. The molecule has 172 valence electrons. The summed E-state index contributed by atoms with van der Waals surface area (Å²) in [5, 5.41) is 3.04. The van der Waals surface area contributed by atoms with Gasteiger partial charge >= 0.3 is 0 Å². The number of benzene rings is 2. The molecule has 0 saturated carbocycles. The number of hydrogen-bond acceptors (Lipinski definition) is 6. The number of morpholine rings is 1. The Hall–Kier alpha value is -2.59. The highest BCUT2D eigenvalue weighted by molar-refractivity contribution is 7.89. The van der Waals surface area contributed by atoms with Crippen molar-refractivity contribution in [2.75, 3.05) is 45.3 Å². The van der Waals surface area contributed by atoms with Gasteiger partial charge in [-0.3, -0.25) is 4.79 Å². The zero-order valence-corrected chi connectivity index (χ0v) is 19.4. The first kappa shape index (κ1) is 24.1. The standard InChI is InChI=1S/C22H25ClN2O6S/c1-3-31-20-14-16(13-19(23)22(20)29-2)7-8-21(26)24-17-5-4-6-18(15-17)32(27,28)25-9-11-30-12-10-25/h4-8,13-15H,3,9-12H2,1-2H3,(H,24,26)/b8-7+. The SMILES string of the molecule is CCOc1cc(/C=C/C(=O)Nc2cccc(S(=O)(=O)N3CCOCC3)c2)cc(Cl)c1OC. The number of hydrogen-bond donors (Lipinski definition) is 1. The fraction of sp³-hybridized carbons (Fsp3) is 0.318. The molecule has 1 aliphatic rings. The predicted octanol–water partition coefficient (Wildman–Crippen LogP) is 3.42. The molecule has 1 aliphatic heterocycles. The third kappa shape index (κ3) is 5.80. The Morgan fingerprint density at radius 1 is 1.25 bits per heavy atom. The molecule has 32 heavy (non-hydrogen) atoms. The molecule has 2 aromatic rings. The molecule has 0 spiro atoms. The van der Waals surface area contributed by atoms with E-state index in [9.17, 15) is 13.2 Å². The van der Waals surface area contributed by atoms with Crippen LogP contribution in [0, 0.1) is 0 Å². The summed E-state index contributed by atoms with van der Waals surface area (Å²) < 4.78 is 43.0. The lowest BCUT2D eigenvalue weighted by Gasteiger charge is -2.26. The van der Waals surface area contributed by atoms with E-state index in [0.717, 1.165) is 0 Å². The van der Waals surface area contributed by atoms with Gasteiger partial charge in [-0.25, -0.2) is 8.42 Å². The van der Waals surface area contributed by atoms with E-state index < -0.39 is 15.9 Å². The third-order valence-electron chi connectivity index (χ3n) is 4.67. The fourth-order valence-electron chi connectivity index (χ4n) is 3.17. The van der Waals surface area contributed by atoms with Crippen LogP contribution in [0.1, 0.15) is 12.5 Å². The van der Waals surface area contributed by atoms with Crippen LogP contribution in [-0.4, -0.2) is 58.7 Å². The van der Waals surface area contributed by atoms with Gasteiger partial charge in [-0.15, -0.1) is 0 Å². The second-order valence-corrected chi connectivity index (χ2v) is 9.18. The number of nitrogens with one attached hydrogen (secondary N) is 1. The van der Waals surface area contributed by atoms with Crippen LogP contribution in [0.15, 0.2) is 47.4 Å². The van der Waals surface area contributed by atoms with Crippen LogP contribution in [0.4, 0.5) is 5.69 Å². The van der Waals surface area contributed by atoms with Crippen LogP contribution in [0.25, 0.3) is 6.08 Å². The van der Waals surface area contributed by atoms with Crippen LogP contribution >= 0.6 is 11.6 Å². The van der Waals surface area contributed by atoms with Crippen molar-refractivity contribution in [1.29, 1.82) is 0 Å². The Kier molecular flexibility index (Phi) is 8.14. The van der Waals surface area contributed by atoms with Crippen LogP contribution < -0.4 is 14.8 Å². The van der Waals surface area contributed by atoms with E-state index in [2.05, 4.69) is 5.32 Å². The Bertz CT molecular complexity index is 1100. The largest absolute Gasteiger partial charge is 0.491 e. The molecule has 0 radical (unpaired) electrons. The smallest absolute Gasteiger partial charge is 0.248 e. The number of anilines is 1. The first-order chi connectivity index (χ1) is 15.3. The lowest BCUT2D eigenvalue weighted by molar-refractivity contribution is -0.111. The average Bonchev–Trinajstić information content (AvgIpc) is 2.78. The molecule has 0 aromatic heterocycles. The lowest BCUT2D eigenvalue weighted by Crippen LogP contribution is -2.40. The van der Waals surface area contributed by atoms with Crippen molar-refractivity contribution in [1.82, 2.24) is 4.31 Å². The molecule has 1 heterocycles. The summed E-state index contributed by atoms with van der Waals surface area (Å²) >= 11 is 6.23. The molecule has 0 bridgehead atoms. The summed E-state index contributed by atoms with van der Waals surface area (Å²) in [6, 6.07) is 9.53. The highest BCUT2D eigenvalue weighted by Crippen LogP contribution is 2.36. The van der Waals surface area contributed by atoms with E-state index in [0.29, 0.717) is 60.7 Å². The molecule has 1 saturated heterocycles. The monoisotopic (exact) mass is 480 g/mol. The number of ether oxygens (including phenoxy) is 3. The van der Waals surface area contributed by atoms with Gasteiger partial charge in [-0.05, 0) is 48.9 Å². The van der Waals surface area contributed by atoms with Crippen molar-refractivity contribution in [2.24, 2.45) is 0 Å². The average molecular weight is 481 g/mol. The lowest BCUT2D eigenvalue weighted by atomic mass is 10.2. The molecule has 0 unspecified atom stereocenters. The van der Waals surface area contributed by atoms with E-state index in [-0.39, 0.29) is 4.90 Å². The summed E-state index contributed by atoms with van der Waals surface area (Å²) in [5.41, 5.74) is 1.02. The summed E-state index contributed by atoms with van der Waals surface area (Å²) in [6.07, 6.45) is 2.91. The van der Waals surface area contributed by atoms with Gasteiger partial charge in [0.1, 0.15) is 0 Å². The molecule has 1 fully saturated rings. The van der Waals surface area contributed by atoms with Gasteiger partial charge in [0.25, 0.3) is 0 Å². The van der Waals surface area contributed by atoms with E-state index >= 15 is 0 Å². The zero-order valence-electron chi connectivity index (χ0n) is 17.8. The maximum Gasteiger partial charge on any atom is 0.248 e. The Morgan fingerprint density at radius 3 is 2.69 bits per heavy atom. The maximum atomic E-state index is 12.8. The highest BCUT2D eigenvalue weighted by atomic mass is 35.5. The minimum atomic E-state index is -3.65. The van der Waals surface area contributed by atoms with Crippen LogP contribution in [0.2, 0.25) is 5.02 Å². The van der Waals surface area contributed by atoms with Gasteiger partial charge in [0.2, 0.25) is 15.9 Å². The molecule has 10 heteroatoms. The van der Waals surface area contributed by atoms with E-state index in [1.165, 1.54) is 29.6 Å². The maximum absolute atomic E-state index is 12.8. The number of amides is 1. The van der Waals surface area contributed by atoms with Gasteiger partial charge in [-0.2, -0.15) is 4.31 Å². The first-order valence-corrected chi connectivity index (χ1v) is 11.8. The summed E-state index contributed by atoms with van der Waals surface area (Å²) in [7, 11) is -2.15. The minimum Gasteiger partial charge on any atom is -0.491 e. The van der Waals surface area contributed by atoms with E-state index in [1.54, 1.807) is 30.3 Å². The number of sulfonamides is 1. The highest BCUT2D eigenvalue weighted by Gasteiger charge is 2.26. The van der Waals surface area contributed by atoms with Crippen LogP contribution in [0.5, 0.6) is 11.5 Å². The number of carbonyl (C=O) groups is 1. The van der Waals surface area contributed by atoms with Gasteiger partial charge in [0.05, 0.1) is 36.8 Å². The predicted molar refractivity (Wildman–Crippen MR) is 123 cm³/mol. The molecular formula is C22H25ClN2O6S. The van der Waals surface area contributed by atoms with Crippen molar-refractivity contribution in [3.8, 4) is 11.5 Å². The molecular weight excluding hydrogens is 456 g/mol. The number of carbonyl (C=O) groups excluding carboxylic acids is 1. The quantitative estimate of drug-likeness (QED) is 0.582. The summed E-state index contributed by atoms with van der Waals surface area (Å²) in [5.74, 6) is 0.479. The second kappa shape index (κ2) is 10.8.